The summed E-state index contributed by atoms with van der Waals surface area (Å²) in [5.74, 6) is -1.59. The van der Waals surface area contributed by atoms with E-state index in [2.05, 4.69) is 10.6 Å². The van der Waals surface area contributed by atoms with Gasteiger partial charge < -0.3 is 20.8 Å². The SMILES string of the molecule is O=C(NCC=CO)C(=O)NCC=CO. The number of carbonyl (C=O) groups excluding carboxylic acids is 2. The maximum Gasteiger partial charge on any atom is 0.309 e. The van der Waals surface area contributed by atoms with Crippen LogP contribution in [0.5, 0.6) is 0 Å². The Morgan fingerprint density at radius 2 is 1.29 bits per heavy atom. The molecule has 0 aromatic carbocycles. The topological polar surface area (TPSA) is 98.7 Å². The number of aliphatic hydroxyl groups is 2. The molecule has 0 bridgehead atoms. The van der Waals surface area contributed by atoms with Crippen LogP contribution in [0.25, 0.3) is 0 Å². The number of nitrogens with one attached hydrogen (secondary N) is 2. The fraction of sp³-hybridized carbons (Fsp3) is 0.250. The van der Waals surface area contributed by atoms with Crippen LogP contribution in [0.4, 0.5) is 0 Å². The van der Waals surface area contributed by atoms with Crippen LogP contribution < -0.4 is 10.6 Å². The molecule has 6 nitrogen and oxygen atoms in total. The largest absolute Gasteiger partial charge is 0.516 e. The number of hydrogen-bond donors (Lipinski definition) is 4. The Hall–Kier alpha value is -1.98. The molecular weight excluding hydrogens is 188 g/mol. The fourth-order valence-electron chi connectivity index (χ4n) is 0.569. The van der Waals surface area contributed by atoms with Crippen molar-refractivity contribution in [2.24, 2.45) is 0 Å². The second-order valence-corrected chi connectivity index (χ2v) is 2.19. The number of amides is 2. The first-order chi connectivity index (χ1) is 6.72. The zero-order valence-corrected chi connectivity index (χ0v) is 7.43. The molecule has 78 valence electrons. The lowest BCUT2D eigenvalue weighted by Crippen LogP contribution is -2.39. The normalized spacial score (nSPS) is 10.6. The third-order valence-electron chi connectivity index (χ3n) is 1.18. The molecule has 0 spiro atoms. The van der Waals surface area contributed by atoms with E-state index in [1.54, 1.807) is 0 Å². The maximum atomic E-state index is 10.9. The van der Waals surface area contributed by atoms with Gasteiger partial charge in [-0.3, -0.25) is 9.59 Å². The summed E-state index contributed by atoms with van der Waals surface area (Å²) < 4.78 is 0. The summed E-state index contributed by atoms with van der Waals surface area (Å²) in [4.78, 5) is 21.8. The molecule has 0 aliphatic rings. The first-order valence-electron chi connectivity index (χ1n) is 3.86. The molecule has 0 aromatic rings. The van der Waals surface area contributed by atoms with Gasteiger partial charge in [-0.15, -0.1) is 0 Å². The van der Waals surface area contributed by atoms with E-state index >= 15 is 0 Å². The predicted octanol–water partition coefficient (Wildman–Crippen LogP) is -0.638. The van der Waals surface area contributed by atoms with E-state index < -0.39 is 11.8 Å². The van der Waals surface area contributed by atoms with Crippen molar-refractivity contribution < 1.29 is 19.8 Å². The highest BCUT2D eigenvalue weighted by atomic mass is 16.2. The van der Waals surface area contributed by atoms with Gasteiger partial charge in [-0.1, -0.05) is 0 Å². The average Bonchev–Trinajstić information content (AvgIpc) is 2.18. The highest BCUT2D eigenvalue weighted by Gasteiger charge is 2.09. The standard InChI is InChI=1S/C8H12N2O4/c11-5-1-3-9-7(13)8(14)10-4-2-6-12/h1-2,5-6,11-12H,3-4H2,(H,9,13)(H,10,14). The van der Waals surface area contributed by atoms with Crippen molar-refractivity contribution >= 4 is 11.8 Å². The third-order valence-corrected chi connectivity index (χ3v) is 1.18. The molecule has 0 saturated heterocycles. The molecule has 0 atom stereocenters. The summed E-state index contributed by atoms with van der Waals surface area (Å²) in [7, 11) is 0. The van der Waals surface area contributed by atoms with Crippen LogP contribution >= 0.6 is 0 Å². The zero-order chi connectivity index (χ0) is 10.8. The Labute approximate surface area is 80.9 Å². The molecule has 0 saturated carbocycles. The van der Waals surface area contributed by atoms with E-state index in [1.807, 2.05) is 0 Å². The number of carbonyl (C=O) groups is 2. The van der Waals surface area contributed by atoms with Gasteiger partial charge in [0.05, 0.1) is 12.5 Å². The van der Waals surface area contributed by atoms with Crippen molar-refractivity contribution in [2.45, 2.75) is 0 Å². The van der Waals surface area contributed by atoms with Gasteiger partial charge in [-0.2, -0.15) is 0 Å². The summed E-state index contributed by atoms with van der Waals surface area (Å²) in [6.45, 7) is 0.164. The Morgan fingerprint density at radius 3 is 1.57 bits per heavy atom. The van der Waals surface area contributed by atoms with Gasteiger partial charge in [0.2, 0.25) is 0 Å². The molecule has 4 N–H and O–H groups in total. The Morgan fingerprint density at radius 1 is 0.929 bits per heavy atom. The summed E-state index contributed by atoms with van der Waals surface area (Å²) in [5, 5.41) is 20.9. The highest BCUT2D eigenvalue weighted by molar-refractivity contribution is 6.35. The van der Waals surface area contributed by atoms with Crippen molar-refractivity contribution in [3.05, 3.63) is 24.7 Å². The molecule has 0 aliphatic carbocycles. The minimum absolute atomic E-state index is 0.0819. The fourth-order valence-corrected chi connectivity index (χ4v) is 0.569. The lowest BCUT2D eigenvalue weighted by molar-refractivity contribution is -0.138. The Bertz CT molecular complexity index is 222. The summed E-state index contributed by atoms with van der Waals surface area (Å²) in [6.07, 6.45) is 4.09. The van der Waals surface area contributed by atoms with E-state index in [1.165, 1.54) is 12.2 Å². The summed E-state index contributed by atoms with van der Waals surface area (Å²) in [5.41, 5.74) is 0. The van der Waals surface area contributed by atoms with Gasteiger partial charge >= 0.3 is 11.8 Å². The van der Waals surface area contributed by atoms with Gasteiger partial charge in [0, 0.05) is 13.1 Å². The van der Waals surface area contributed by atoms with Crippen molar-refractivity contribution in [3.63, 3.8) is 0 Å². The smallest absolute Gasteiger partial charge is 0.309 e. The van der Waals surface area contributed by atoms with Crippen LogP contribution in [0.15, 0.2) is 24.7 Å². The minimum atomic E-state index is -0.797. The van der Waals surface area contributed by atoms with Crippen molar-refractivity contribution in [2.75, 3.05) is 13.1 Å². The summed E-state index contributed by atoms with van der Waals surface area (Å²) >= 11 is 0. The lowest BCUT2D eigenvalue weighted by atomic mass is 10.5. The molecule has 0 unspecified atom stereocenters. The van der Waals surface area contributed by atoms with E-state index in [0.29, 0.717) is 0 Å². The number of hydrogen-bond acceptors (Lipinski definition) is 4. The van der Waals surface area contributed by atoms with Crippen molar-refractivity contribution in [1.29, 1.82) is 0 Å². The number of aliphatic hydroxyl groups excluding tert-OH is 2. The molecule has 0 heterocycles. The molecule has 14 heavy (non-hydrogen) atoms. The van der Waals surface area contributed by atoms with Crippen molar-refractivity contribution in [1.82, 2.24) is 10.6 Å². The molecule has 0 aliphatic heterocycles. The van der Waals surface area contributed by atoms with E-state index in [-0.39, 0.29) is 13.1 Å². The molecule has 0 fully saturated rings. The van der Waals surface area contributed by atoms with Gasteiger partial charge in [-0.25, -0.2) is 0 Å². The van der Waals surface area contributed by atoms with Crippen LogP contribution in [-0.4, -0.2) is 35.1 Å². The first-order valence-corrected chi connectivity index (χ1v) is 3.86. The predicted molar refractivity (Wildman–Crippen MR) is 49.6 cm³/mol. The van der Waals surface area contributed by atoms with E-state index in [9.17, 15) is 9.59 Å². The van der Waals surface area contributed by atoms with Crippen LogP contribution in [0.1, 0.15) is 0 Å². The van der Waals surface area contributed by atoms with Gasteiger partial charge in [-0.05, 0) is 12.2 Å². The van der Waals surface area contributed by atoms with Crippen LogP contribution in [0, 0.1) is 0 Å². The Kier molecular flexibility index (Phi) is 6.57. The minimum Gasteiger partial charge on any atom is -0.516 e. The average molecular weight is 200 g/mol. The van der Waals surface area contributed by atoms with Gasteiger partial charge in [0.15, 0.2) is 0 Å². The van der Waals surface area contributed by atoms with Crippen LogP contribution in [0.3, 0.4) is 0 Å². The van der Waals surface area contributed by atoms with Crippen LogP contribution in [0.2, 0.25) is 0 Å². The molecular formula is C8H12N2O4. The quantitative estimate of drug-likeness (QED) is 0.358. The summed E-state index contributed by atoms with van der Waals surface area (Å²) in [6, 6.07) is 0. The van der Waals surface area contributed by atoms with E-state index in [4.69, 9.17) is 10.2 Å². The van der Waals surface area contributed by atoms with Crippen molar-refractivity contribution in [3.8, 4) is 0 Å². The highest BCUT2D eigenvalue weighted by Crippen LogP contribution is 1.72. The molecule has 0 radical (unpaired) electrons. The van der Waals surface area contributed by atoms with Gasteiger partial charge in [0.1, 0.15) is 0 Å². The third kappa shape index (κ3) is 5.64. The van der Waals surface area contributed by atoms with Gasteiger partial charge in [0.25, 0.3) is 0 Å². The second-order valence-electron chi connectivity index (χ2n) is 2.19. The second kappa shape index (κ2) is 7.66. The maximum absolute atomic E-state index is 10.9. The van der Waals surface area contributed by atoms with Crippen LogP contribution in [-0.2, 0) is 9.59 Å². The molecule has 0 aromatic heterocycles. The number of rotatable bonds is 4. The first kappa shape index (κ1) is 12.0. The van der Waals surface area contributed by atoms with E-state index in [0.717, 1.165) is 12.5 Å². The molecule has 6 heteroatoms. The monoisotopic (exact) mass is 200 g/mol. The molecule has 0 rings (SSSR count). The molecule has 2 amide bonds. The lowest BCUT2D eigenvalue weighted by Gasteiger charge is -2.01. The zero-order valence-electron chi connectivity index (χ0n) is 7.43. The Balaban J connectivity index is 3.71.